The molecule has 9 aromatic carbocycles. The van der Waals surface area contributed by atoms with Gasteiger partial charge in [-0.1, -0.05) is 218 Å². The third-order valence-corrected chi connectivity index (χ3v) is 10.8. The molecule has 10 aromatic rings. The summed E-state index contributed by atoms with van der Waals surface area (Å²) in [5.74, 6) is 1.85. The highest BCUT2D eigenvalue weighted by molar-refractivity contribution is 6.05. The highest BCUT2D eigenvalue weighted by Crippen LogP contribution is 2.40. The van der Waals surface area contributed by atoms with E-state index in [1.54, 1.807) is 0 Å². The van der Waals surface area contributed by atoms with E-state index >= 15 is 0 Å². The van der Waals surface area contributed by atoms with Gasteiger partial charge in [-0.15, -0.1) is 0 Å². The zero-order valence-electron chi connectivity index (χ0n) is 31.7. The van der Waals surface area contributed by atoms with Crippen molar-refractivity contribution in [2.75, 3.05) is 0 Å². The lowest BCUT2D eigenvalue weighted by molar-refractivity contribution is 1.07. The summed E-state index contributed by atoms with van der Waals surface area (Å²) in [7, 11) is 0. The highest BCUT2D eigenvalue weighted by atomic mass is 15.0. The number of rotatable bonds is 8. The molecule has 0 aliphatic heterocycles. The van der Waals surface area contributed by atoms with E-state index in [9.17, 15) is 0 Å². The third kappa shape index (κ3) is 6.87. The maximum Gasteiger partial charge on any atom is 0.164 e. The number of nitrogens with zero attached hydrogens (tertiary/aromatic N) is 3. The first-order valence-electron chi connectivity index (χ1n) is 19.6. The van der Waals surface area contributed by atoms with Crippen LogP contribution in [0.5, 0.6) is 0 Å². The molecule has 272 valence electrons. The molecule has 0 amide bonds. The average molecular weight is 740 g/mol. The van der Waals surface area contributed by atoms with Crippen molar-refractivity contribution >= 4 is 10.8 Å². The van der Waals surface area contributed by atoms with Crippen molar-refractivity contribution in [3.05, 3.63) is 224 Å². The van der Waals surface area contributed by atoms with E-state index in [1.807, 2.05) is 12.1 Å². The Hall–Kier alpha value is -7.75. The van der Waals surface area contributed by atoms with Crippen molar-refractivity contribution in [1.29, 1.82) is 0 Å². The standard InChI is InChI=1S/C55H37N3/c1-5-15-38(16-6-1)40-25-29-44(30-26-40)53-56-54(45-31-27-41(28-32-45)39-17-7-2-8-18-39)58-55(57-53)52-37-46(33-34-48(52)43-21-11-4-12-22-43)49-36-35-47(42-19-9-3-10-20-42)50-23-13-14-24-51(49)50/h1-37H. The smallest absolute Gasteiger partial charge is 0.164 e. The number of fused-ring (bicyclic) bond motifs is 1. The van der Waals surface area contributed by atoms with Gasteiger partial charge in [0.05, 0.1) is 0 Å². The van der Waals surface area contributed by atoms with Crippen molar-refractivity contribution in [2.24, 2.45) is 0 Å². The summed E-state index contributed by atoms with van der Waals surface area (Å²) in [4.78, 5) is 15.7. The molecule has 1 heterocycles. The topological polar surface area (TPSA) is 38.7 Å². The molecule has 0 aliphatic rings. The van der Waals surface area contributed by atoms with Crippen LogP contribution in [0.1, 0.15) is 0 Å². The molecule has 0 spiro atoms. The van der Waals surface area contributed by atoms with E-state index in [0.29, 0.717) is 17.5 Å². The van der Waals surface area contributed by atoms with Crippen LogP contribution in [0.15, 0.2) is 224 Å². The lowest BCUT2D eigenvalue weighted by Crippen LogP contribution is -2.01. The van der Waals surface area contributed by atoms with Crippen LogP contribution in [-0.2, 0) is 0 Å². The predicted octanol–water partition coefficient (Wildman–Crippen LogP) is 14.4. The van der Waals surface area contributed by atoms with Gasteiger partial charge in [0.2, 0.25) is 0 Å². The second-order valence-electron chi connectivity index (χ2n) is 14.4. The molecule has 0 unspecified atom stereocenters. The van der Waals surface area contributed by atoms with E-state index in [2.05, 4.69) is 212 Å². The molecule has 0 saturated heterocycles. The largest absolute Gasteiger partial charge is 0.208 e. The van der Waals surface area contributed by atoms with Crippen molar-refractivity contribution in [1.82, 2.24) is 15.0 Å². The summed E-state index contributed by atoms with van der Waals surface area (Å²) in [6.07, 6.45) is 0. The molecule has 10 rings (SSSR count). The monoisotopic (exact) mass is 739 g/mol. The van der Waals surface area contributed by atoms with Gasteiger partial charge >= 0.3 is 0 Å². The highest BCUT2D eigenvalue weighted by Gasteiger charge is 2.19. The Balaban J connectivity index is 1.16. The normalized spacial score (nSPS) is 11.1. The Morgan fingerprint density at radius 2 is 0.500 bits per heavy atom. The van der Waals surface area contributed by atoms with Gasteiger partial charge in [0, 0.05) is 16.7 Å². The van der Waals surface area contributed by atoms with Crippen molar-refractivity contribution in [3.8, 4) is 89.8 Å². The molecule has 0 N–H and O–H groups in total. The van der Waals surface area contributed by atoms with Gasteiger partial charge in [0.1, 0.15) is 0 Å². The lowest BCUT2D eigenvalue weighted by Gasteiger charge is -2.16. The van der Waals surface area contributed by atoms with Crippen LogP contribution >= 0.6 is 0 Å². The summed E-state index contributed by atoms with van der Waals surface area (Å²) in [6.45, 7) is 0. The van der Waals surface area contributed by atoms with E-state index < -0.39 is 0 Å². The predicted molar refractivity (Wildman–Crippen MR) is 241 cm³/mol. The van der Waals surface area contributed by atoms with Gasteiger partial charge in [-0.05, 0) is 72.5 Å². The Bertz CT molecular complexity index is 2900. The van der Waals surface area contributed by atoms with E-state index in [4.69, 9.17) is 15.0 Å². The first-order valence-corrected chi connectivity index (χ1v) is 19.6. The maximum atomic E-state index is 5.28. The number of benzene rings is 9. The Morgan fingerprint density at radius 3 is 0.966 bits per heavy atom. The molecule has 0 radical (unpaired) electrons. The number of aromatic nitrogens is 3. The van der Waals surface area contributed by atoms with Gasteiger partial charge < -0.3 is 0 Å². The van der Waals surface area contributed by atoms with Crippen LogP contribution in [0.4, 0.5) is 0 Å². The molecular weight excluding hydrogens is 703 g/mol. The molecule has 0 fully saturated rings. The molecule has 1 aromatic heterocycles. The molecule has 0 saturated carbocycles. The second kappa shape index (κ2) is 15.4. The minimum Gasteiger partial charge on any atom is -0.208 e. The number of hydrogen-bond acceptors (Lipinski definition) is 3. The number of hydrogen-bond donors (Lipinski definition) is 0. The Morgan fingerprint density at radius 1 is 0.190 bits per heavy atom. The summed E-state index contributed by atoms with van der Waals surface area (Å²) in [5, 5.41) is 2.40. The van der Waals surface area contributed by atoms with Crippen LogP contribution in [0.2, 0.25) is 0 Å². The molecule has 3 nitrogen and oxygen atoms in total. The van der Waals surface area contributed by atoms with Crippen molar-refractivity contribution < 1.29 is 0 Å². The van der Waals surface area contributed by atoms with Crippen molar-refractivity contribution in [3.63, 3.8) is 0 Å². The summed E-state index contributed by atoms with van der Waals surface area (Å²) >= 11 is 0. The van der Waals surface area contributed by atoms with Crippen LogP contribution in [0, 0.1) is 0 Å². The minimum atomic E-state index is 0.616. The average Bonchev–Trinajstić information content (AvgIpc) is 3.32. The SMILES string of the molecule is c1ccc(-c2ccc(-c3nc(-c4ccc(-c5ccccc5)cc4)nc(-c4cc(-c5ccc(-c6ccccc6)c6ccccc56)ccc4-c4ccccc4)n3)cc2)cc1. The Kier molecular flexibility index (Phi) is 9.23. The fourth-order valence-electron chi connectivity index (χ4n) is 7.83. The molecule has 0 aliphatic carbocycles. The van der Waals surface area contributed by atoms with E-state index in [-0.39, 0.29) is 0 Å². The van der Waals surface area contributed by atoms with Gasteiger partial charge in [0.15, 0.2) is 17.5 Å². The molecule has 0 atom stereocenters. The first-order chi connectivity index (χ1) is 28.7. The van der Waals surface area contributed by atoms with Gasteiger partial charge in [-0.3, -0.25) is 0 Å². The van der Waals surface area contributed by atoms with Crippen LogP contribution in [0.3, 0.4) is 0 Å². The molecule has 0 bridgehead atoms. The summed E-state index contributed by atoms with van der Waals surface area (Å²) < 4.78 is 0. The summed E-state index contributed by atoms with van der Waals surface area (Å²) in [6, 6.07) is 78.8. The van der Waals surface area contributed by atoms with Crippen molar-refractivity contribution in [2.45, 2.75) is 0 Å². The fraction of sp³-hybridized carbons (Fsp3) is 0. The molecule has 58 heavy (non-hydrogen) atoms. The lowest BCUT2D eigenvalue weighted by atomic mass is 9.89. The van der Waals surface area contributed by atoms with E-state index in [1.165, 1.54) is 33.0 Å². The zero-order chi connectivity index (χ0) is 38.7. The first kappa shape index (κ1) is 34.7. The van der Waals surface area contributed by atoms with Crippen LogP contribution < -0.4 is 0 Å². The Labute approximate surface area is 338 Å². The molecular formula is C55H37N3. The minimum absolute atomic E-state index is 0.616. The maximum absolute atomic E-state index is 5.28. The van der Waals surface area contributed by atoms with Crippen LogP contribution in [0.25, 0.3) is 101 Å². The van der Waals surface area contributed by atoms with Gasteiger partial charge in [0.25, 0.3) is 0 Å². The van der Waals surface area contributed by atoms with Gasteiger partial charge in [-0.25, -0.2) is 15.0 Å². The van der Waals surface area contributed by atoms with Gasteiger partial charge in [-0.2, -0.15) is 0 Å². The molecule has 3 heteroatoms. The van der Waals surface area contributed by atoms with Crippen LogP contribution in [-0.4, -0.2) is 15.0 Å². The third-order valence-electron chi connectivity index (χ3n) is 10.8. The fourth-order valence-corrected chi connectivity index (χ4v) is 7.83. The summed E-state index contributed by atoms with van der Waals surface area (Å²) in [5.41, 5.74) is 14.2. The second-order valence-corrected chi connectivity index (χ2v) is 14.4. The van der Waals surface area contributed by atoms with E-state index in [0.717, 1.165) is 50.1 Å². The quantitative estimate of drug-likeness (QED) is 0.156. The zero-order valence-corrected chi connectivity index (χ0v) is 31.7.